The maximum Gasteiger partial charge on any atom is 0.253 e. The van der Waals surface area contributed by atoms with Crippen molar-refractivity contribution in [1.29, 1.82) is 0 Å². The summed E-state index contributed by atoms with van der Waals surface area (Å²) in [6.07, 6.45) is 6.42. The fraction of sp³-hybridized carbons (Fsp3) is 0.682. The molecule has 3 aliphatic heterocycles. The van der Waals surface area contributed by atoms with E-state index in [1.165, 1.54) is 32.4 Å². The first-order chi connectivity index (χ1) is 12.6. The highest BCUT2D eigenvalue weighted by Crippen LogP contribution is 2.42. The molecule has 1 aromatic carbocycles. The number of carbonyl (C=O) groups is 1. The van der Waals surface area contributed by atoms with Crippen molar-refractivity contribution in [2.45, 2.75) is 45.1 Å². The van der Waals surface area contributed by atoms with Crippen LogP contribution in [0.4, 0.5) is 0 Å². The van der Waals surface area contributed by atoms with Crippen molar-refractivity contribution in [2.75, 3.05) is 39.3 Å². The number of rotatable bonds is 3. The van der Waals surface area contributed by atoms with Crippen molar-refractivity contribution in [1.82, 2.24) is 9.80 Å². The molecule has 2 unspecified atom stereocenters. The smallest absolute Gasteiger partial charge is 0.253 e. The molecule has 1 spiro atoms. The number of hydrogen-bond donors (Lipinski definition) is 0. The summed E-state index contributed by atoms with van der Waals surface area (Å²) in [5.74, 6) is 1.00. The lowest BCUT2D eigenvalue weighted by Crippen LogP contribution is -2.44. The molecule has 2 atom stereocenters. The van der Waals surface area contributed by atoms with Gasteiger partial charge in [0.15, 0.2) is 0 Å². The zero-order valence-electron chi connectivity index (χ0n) is 16.0. The number of nitrogens with zero attached hydrogens (tertiary/aromatic N) is 2. The Balaban J connectivity index is 1.28. The molecule has 3 heterocycles. The number of benzene rings is 1. The zero-order chi connectivity index (χ0) is 18.0. The van der Waals surface area contributed by atoms with Gasteiger partial charge in [-0.3, -0.25) is 4.79 Å². The number of carbonyl (C=O) groups excluding carboxylic acids is 1. The van der Waals surface area contributed by atoms with Crippen molar-refractivity contribution in [3.63, 3.8) is 0 Å². The van der Waals surface area contributed by atoms with E-state index in [0.29, 0.717) is 11.5 Å². The Morgan fingerprint density at radius 3 is 2.69 bits per heavy atom. The molecule has 1 amide bonds. The Hall–Kier alpha value is -1.39. The molecular formula is C22H32N2O2. The van der Waals surface area contributed by atoms with Gasteiger partial charge in [0.2, 0.25) is 0 Å². The van der Waals surface area contributed by atoms with Gasteiger partial charge < -0.3 is 14.5 Å². The summed E-state index contributed by atoms with van der Waals surface area (Å²) >= 11 is 0. The van der Waals surface area contributed by atoms with Gasteiger partial charge in [0.1, 0.15) is 0 Å². The van der Waals surface area contributed by atoms with E-state index >= 15 is 0 Å². The van der Waals surface area contributed by atoms with Crippen molar-refractivity contribution in [2.24, 2.45) is 11.3 Å². The van der Waals surface area contributed by atoms with E-state index in [1.54, 1.807) is 0 Å². The molecular weight excluding hydrogens is 324 g/mol. The molecule has 3 aliphatic rings. The molecule has 1 aromatic rings. The average Bonchev–Trinajstić information content (AvgIpc) is 3.04. The maximum absolute atomic E-state index is 12.6. The molecule has 3 saturated heterocycles. The summed E-state index contributed by atoms with van der Waals surface area (Å²) in [6, 6.07) is 9.67. The summed E-state index contributed by atoms with van der Waals surface area (Å²) in [4.78, 5) is 17.3. The van der Waals surface area contributed by atoms with Crippen LogP contribution in [0.1, 0.15) is 49.4 Å². The molecule has 3 fully saturated rings. The van der Waals surface area contributed by atoms with Crippen LogP contribution >= 0.6 is 0 Å². The van der Waals surface area contributed by atoms with Crippen LogP contribution in [-0.4, -0.2) is 61.1 Å². The third kappa shape index (κ3) is 3.96. The van der Waals surface area contributed by atoms with Crippen LogP contribution < -0.4 is 0 Å². The molecule has 0 saturated carbocycles. The van der Waals surface area contributed by atoms with Gasteiger partial charge in [-0.25, -0.2) is 0 Å². The van der Waals surface area contributed by atoms with Gasteiger partial charge in [-0.15, -0.1) is 0 Å². The van der Waals surface area contributed by atoms with E-state index in [1.807, 2.05) is 35.2 Å². The fourth-order valence-corrected chi connectivity index (χ4v) is 5.05. The molecule has 4 heteroatoms. The Morgan fingerprint density at radius 2 is 1.96 bits per heavy atom. The van der Waals surface area contributed by atoms with E-state index in [-0.39, 0.29) is 5.91 Å². The van der Waals surface area contributed by atoms with Crippen molar-refractivity contribution in [3.8, 4) is 0 Å². The first-order valence-electron chi connectivity index (χ1n) is 10.3. The molecule has 26 heavy (non-hydrogen) atoms. The van der Waals surface area contributed by atoms with E-state index in [4.69, 9.17) is 4.74 Å². The van der Waals surface area contributed by atoms with Crippen LogP contribution in [0.25, 0.3) is 0 Å². The second kappa shape index (κ2) is 7.69. The second-order valence-corrected chi connectivity index (χ2v) is 8.80. The number of hydrogen-bond acceptors (Lipinski definition) is 3. The molecule has 0 aliphatic carbocycles. The first-order valence-corrected chi connectivity index (χ1v) is 10.3. The average molecular weight is 357 g/mol. The van der Waals surface area contributed by atoms with Crippen LogP contribution in [0.5, 0.6) is 0 Å². The van der Waals surface area contributed by atoms with Gasteiger partial charge in [0.25, 0.3) is 5.91 Å². The normalized spacial score (nSPS) is 29.2. The van der Waals surface area contributed by atoms with E-state index in [2.05, 4.69) is 11.8 Å². The Labute approximate surface area is 157 Å². The van der Waals surface area contributed by atoms with Gasteiger partial charge in [0.05, 0.1) is 12.7 Å². The fourth-order valence-electron chi connectivity index (χ4n) is 5.05. The van der Waals surface area contributed by atoms with Crippen molar-refractivity contribution in [3.05, 3.63) is 35.9 Å². The summed E-state index contributed by atoms with van der Waals surface area (Å²) in [6.45, 7) is 8.54. The SMILES string of the molecule is CC1CCCN(CC2CC3(CCN(C(=O)c4ccccc4)CC3)CO2)C1. The summed E-state index contributed by atoms with van der Waals surface area (Å²) in [7, 11) is 0. The Kier molecular flexibility index (Phi) is 5.32. The lowest BCUT2D eigenvalue weighted by Gasteiger charge is -2.38. The maximum atomic E-state index is 12.6. The number of amides is 1. The second-order valence-electron chi connectivity index (χ2n) is 8.80. The van der Waals surface area contributed by atoms with E-state index in [0.717, 1.165) is 50.6 Å². The molecule has 0 N–H and O–H groups in total. The predicted octanol–water partition coefficient (Wildman–Crippen LogP) is 3.43. The van der Waals surface area contributed by atoms with Crippen LogP contribution in [0.3, 0.4) is 0 Å². The molecule has 0 bridgehead atoms. The first kappa shape index (κ1) is 18.0. The molecule has 4 rings (SSSR count). The van der Waals surface area contributed by atoms with Crippen LogP contribution in [0, 0.1) is 11.3 Å². The van der Waals surface area contributed by atoms with E-state index in [9.17, 15) is 4.79 Å². The highest BCUT2D eigenvalue weighted by atomic mass is 16.5. The number of piperidine rings is 2. The van der Waals surface area contributed by atoms with Gasteiger partial charge in [-0.1, -0.05) is 25.1 Å². The van der Waals surface area contributed by atoms with Crippen LogP contribution in [0.15, 0.2) is 30.3 Å². The van der Waals surface area contributed by atoms with Crippen molar-refractivity contribution >= 4 is 5.91 Å². The minimum absolute atomic E-state index is 0.179. The summed E-state index contributed by atoms with van der Waals surface area (Å²) in [5.41, 5.74) is 1.11. The third-order valence-electron chi connectivity index (χ3n) is 6.62. The minimum Gasteiger partial charge on any atom is -0.376 e. The largest absolute Gasteiger partial charge is 0.376 e. The monoisotopic (exact) mass is 356 g/mol. The summed E-state index contributed by atoms with van der Waals surface area (Å²) in [5, 5.41) is 0. The molecule has 4 nitrogen and oxygen atoms in total. The van der Waals surface area contributed by atoms with Gasteiger partial charge in [-0.05, 0) is 62.1 Å². The Bertz CT molecular complexity index is 610. The highest BCUT2D eigenvalue weighted by molar-refractivity contribution is 5.94. The standard InChI is InChI=1S/C22H32N2O2/c1-18-6-5-11-23(15-18)16-20-14-22(17-26-20)9-12-24(13-10-22)21(25)19-7-3-2-4-8-19/h2-4,7-8,18,20H,5-6,9-17H2,1H3. The highest BCUT2D eigenvalue weighted by Gasteiger charge is 2.43. The number of likely N-dealkylation sites (tertiary alicyclic amines) is 2. The zero-order valence-corrected chi connectivity index (χ0v) is 16.0. The van der Waals surface area contributed by atoms with Crippen LogP contribution in [-0.2, 0) is 4.74 Å². The van der Waals surface area contributed by atoms with Crippen molar-refractivity contribution < 1.29 is 9.53 Å². The lowest BCUT2D eigenvalue weighted by atomic mass is 9.76. The summed E-state index contributed by atoms with van der Waals surface area (Å²) < 4.78 is 6.22. The van der Waals surface area contributed by atoms with Gasteiger partial charge >= 0.3 is 0 Å². The predicted molar refractivity (Wildman–Crippen MR) is 103 cm³/mol. The molecule has 0 radical (unpaired) electrons. The molecule has 142 valence electrons. The van der Waals surface area contributed by atoms with Crippen LogP contribution in [0.2, 0.25) is 0 Å². The Morgan fingerprint density at radius 1 is 1.19 bits per heavy atom. The quantitative estimate of drug-likeness (QED) is 0.832. The third-order valence-corrected chi connectivity index (χ3v) is 6.62. The minimum atomic E-state index is 0.179. The van der Waals surface area contributed by atoms with E-state index < -0.39 is 0 Å². The number of ether oxygens (including phenoxy) is 1. The molecule has 0 aromatic heterocycles. The van der Waals surface area contributed by atoms with Gasteiger partial charge in [0, 0.05) is 31.7 Å². The topological polar surface area (TPSA) is 32.8 Å². The van der Waals surface area contributed by atoms with Gasteiger partial charge in [-0.2, -0.15) is 0 Å². The lowest BCUT2D eigenvalue weighted by molar-refractivity contribution is 0.0402.